The van der Waals surface area contributed by atoms with E-state index < -0.39 is 6.10 Å². The fraction of sp³-hybridized carbons (Fsp3) is 0.381. The van der Waals surface area contributed by atoms with Crippen LogP contribution in [0.15, 0.2) is 30.6 Å². The van der Waals surface area contributed by atoms with Crippen molar-refractivity contribution in [3.05, 3.63) is 41.0 Å². The van der Waals surface area contributed by atoms with E-state index >= 15 is 0 Å². The van der Waals surface area contributed by atoms with E-state index in [-0.39, 0.29) is 19.1 Å². The number of hydrogen-bond acceptors (Lipinski definition) is 9. The first-order valence-corrected chi connectivity index (χ1v) is 10.5. The molecule has 0 fully saturated rings. The van der Waals surface area contributed by atoms with E-state index in [1.54, 1.807) is 38.5 Å². The van der Waals surface area contributed by atoms with Gasteiger partial charge in [0.1, 0.15) is 41.2 Å². The number of aliphatic hydroxyl groups is 1. The van der Waals surface area contributed by atoms with Gasteiger partial charge in [-0.2, -0.15) is 0 Å². The van der Waals surface area contributed by atoms with Gasteiger partial charge in [0.25, 0.3) is 5.91 Å². The summed E-state index contributed by atoms with van der Waals surface area (Å²) in [6.07, 6.45) is 0.602. The molecule has 0 saturated carbocycles. The third kappa shape index (κ3) is 5.81. The van der Waals surface area contributed by atoms with Crippen LogP contribution in [0.25, 0.3) is 10.2 Å². The number of hydrogen-bond donors (Lipinski definition) is 3. The van der Waals surface area contributed by atoms with Crippen molar-refractivity contribution >= 4 is 33.3 Å². The van der Waals surface area contributed by atoms with Crippen LogP contribution < -0.4 is 20.1 Å². The van der Waals surface area contributed by atoms with Crippen molar-refractivity contribution in [2.75, 3.05) is 45.8 Å². The van der Waals surface area contributed by atoms with Crippen LogP contribution in [0.1, 0.15) is 15.2 Å². The summed E-state index contributed by atoms with van der Waals surface area (Å²) in [5, 5.41) is 17.0. The van der Waals surface area contributed by atoms with Crippen LogP contribution in [-0.4, -0.2) is 67.6 Å². The lowest BCUT2D eigenvalue weighted by Gasteiger charge is -2.13. The first kappa shape index (κ1) is 22.7. The molecule has 0 bridgehead atoms. The zero-order valence-electron chi connectivity index (χ0n) is 17.7. The average molecular weight is 447 g/mol. The number of nitrogens with zero attached hydrogens (tertiary/aromatic N) is 2. The molecule has 0 spiro atoms. The number of aryl methyl sites for hydroxylation is 1. The summed E-state index contributed by atoms with van der Waals surface area (Å²) in [5.41, 5.74) is 0.792. The molecule has 9 nitrogen and oxygen atoms in total. The minimum Gasteiger partial charge on any atom is -0.497 e. The molecular formula is C21H26N4O5S. The Balaban J connectivity index is 1.59. The fourth-order valence-corrected chi connectivity index (χ4v) is 3.99. The van der Waals surface area contributed by atoms with Gasteiger partial charge in [0.05, 0.1) is 24.0 Å². The maximum absolute atomic E-state index is 12.7. The van der Waals surface area contributed by atoms with Gasteiger partial charge in [0, 0.05) is 26.3 Å². The molecule has 0 aliphatic carbocycles. The molecule has 3 rings (SSSR count). The lowest BCUT2D eigenvalue weighted by Crippen LogP contribution is -2.35. The van der Waals surface area contributed by atoms with Gasteiger partial charge in [-0.15, -0.1) is 11.3 Å². The first-order chi connectivity index (χ1) is 15.0. The summed E-state index contributed by atoms with van der Waals surface area (Å²) in [6.45, 7) is 3.09. The number of benzene rings is 1. The molecule has 3 aromatic rings. The van der Waals surface area contributed by atoms with Crippen molar-refractivity contribution in [1.82, 2.24) is 15.3 Å². The summed E-state index contributed by atoms with van der Waals surface area (Å²) >= 11 is 1.29. The third-order valence-corrected chi connectivity index (χ3v) is 5.71. The van der Waals surface area contributed by atoms with Crippen LogP contribution in [0, 0.1) is 6.92 Å². The largest absolute Gasteiger partial charge is 0.497 e. The predicted octanol–water partition coefficient (Wildman–Crippen LogP) is 2.24. The number of carbonyl (C=O) groups is 1. The number of fused-ring (bicyclic) bond motifs is 1. The van der Waals surface area contributed by atoms with Gasteiger partial charge >= 0.3 is 0 Å². The molecule has 0 radical (unpaired) electrons. The third-order valence-electron chi connectivity index (χ3n) is 4.51. The lowest BCUT2D eigenvalue weighted by molar-refractivity contribution is 0.0846. The van der Waals surface area contributed by atoms with Crippen LogP contribution in [0.5, 0.6) is 11.5 Å². The smallest absolute Gasteiger partial charge is 0.261 e. The quantitative estimate of drug-likeness (QED) is 0.384. The molecule has 10 heteroatoms. The van der Waals surface area contributed by atoms with Crippen LogP contribution in [0.3, 0.4) is 0 Å². The topological polar surface area (TPSA) is 115 Å². The summed E-state index contributed by atoms with van der Waals surface area (Å²) in [7, 11) is 3.20. The maximum atomic E-state index is 12.7. The van der Waals surface area contributed by atoms with Gasteiger partial charge in [-0.05, 0) is 24.6 Å². The van der Waals surface area contributed by atoms with Crippen molar-refractivity contribution in [3.8, 4) is 11.5 Å². The molecule has 1 aromatic carbocycles. The molecule has 2 aromatic heterocycles. The number of aromatic nitrogens is 2. The van der Waals surface area contributed by atoms with Gasteiger partial charge < -0.3 is 30.0 Å². The van der Waals surface area contributed by atoms with Crippen LogP contribution in [0.4, 0.5) is 5.82 Å². The van der Waals surface area contributed by atoms with E-state index in [4.69, 9.17) is 14.2 Å². The Kier molecular flexibility index (Phi) is 7.99. The highest BCUT2D eigenvalue weighted by atomic mass is 32.1. The Morgan fingerprint density at radius 3 is 2.84 bits per heavy atom. The molecule has 0 saturated heterocycles. The van der Waals surface area contributed by atoms with Crippen molar-refractivity contribution in [1.29, 1.82) is 0 Å². The lowest BCUT2D eigenvalue weighted by atomic mass is 10.2. The van der Waals surface area contributed by atoms with Crippen molar-refractivity contribution in [2.24, 2.45) is 0 Å². The zero-order valence-corrected chi connectivity index (χ0v) is 18.5. The van der Waals surface area contributed by atoms with Crippen molar-refractivity contribution < 1.29 is 24.1 Å². The standard InChI is InChI=1S/C21H26N4O5S/c1-13-17-19(22-7-8-28-2)24-12-25-21(17)31-18(13)20(27)23-10-14(26)11-30-16-6-4-5-15(9-16)29-3/h4-6,9,12,14,26H,7-8,10-11H2,1-3H3,(H,23,27)(H,22,24,25). The number of aliphatic hydroxyl groups excluding tert-OH is 1. The Bertz CT molecular complexity index is 1030. The number of amides is 1. The highest BCUT2D eigenvalue weighted by Crippen LogP contribution is 2.33. The van der Waals surface area contributed by atoms with Crippen molar-refractivity contribution in [3.63, 3.8) is 0 Å². The van der Waals surface area contributed by atoms with Crippen LogP contribution in [0.2, 0.25) is 0 Å². The second-order valence-electron chi connectivity index (χ2n) is 6.73. The van der Waals surface area contributed by atoms with Crippen molar-refractivity contribution in [2.45, 2.75) is 13.0 Å². The van der Waals surface area contributed by atoms with E-state index in [0.29, 0.717) is 35.3 Å². The minimum atomic E-state index is -0.865. The predicted molar refractivity (Wildman–Crippen MR) is 119 cm³/mol. The number of carbonyl (C=O) groups excluding carboxylic acids is 1. The minimum absolute atomic E-state index is 0.0396. The summed E-state index contributed by atoms with van der Waals surface area (Å²) < 4.78 is 15.8. The number of anilines is 1. The molecule has 1 amide bonds. The average Bonchev–Trinajstić information content (AvgIpc) is 3.13. The first-order valence-electron chi connectivity index (χ1n) is 9.73. The highest BCUT2D eigenvalue weighted by molar-refractivity contribution is 7.20. The summed E-state index contributed by atoms with van der Waals surface area (Å²) in [5.74, 6) is 1.64. The van der Waals surface area contributed by atoms with Crippen LogP contribution >= 0.6 is 11.3 Å². The van der Waals surface area contributed by atoms with E-state index in [1.807, 2.05) is 6.92 Å². The SMILES string of the molecule is COCCNc1ncnc2sc(C(=O)NCC(O)COc3cccc(OC)c3)c(C)c12. The summed E-state index contributed by atoms with van der Waals surface area (Å²) in [6, 6.07) is 7.10. The number of rotatable bonds is 11. The molecule has 166 valence electrons. The molecule has 3 N–H and O–H groups in total. The Morgan fingerprint density at radius 1 is 1.26 bits per heavy atom. The van der Waals surface area contributed by atoms with E-state index in [1.165, 1.54) is 17.7 Å². The number of methoxy groups -OCH3 is 2. The Morgan fingerprint density at radius 2 is 2.06 bits per heavy atom. The van der Waals surface area contributed by atoms with Gasteiger partial charge in [0.2, 0.25) is 0 Å². The number of ether oxygens (including phenoxy) is 3. The highest BCUT2D eigenvalue weighted by Gasteiger charge is 2.20. The summed E-state index contributed by atoms with van der Waals surface area (Å²) in [4.78, 5) is 22.5. The fourth-order valence-electron chi connectivity index (χ4n) is 2.93. The molecule has 31 heavy (non-hydrogen) atoms. The molecule has 2 heterocycles. The van der Waals surface area contributed by atoms with Gasteiger partial charge in [0.15, 0.2) is 0 Å². The maximum Gasteiger partial charge on any atom is 0.261 e. The Hall–Kier alpha value is -2.95. The number of nitrogens with one attached hydrogen (secondary N) is 2. The second-order valence-corrected chi connectivity index (χ2v) is 7.73. The molecule has 0 aliphatic rings. The second kappa shape index (κ2) is 10.9. The molecule has 1 atom stereocenters. The molecular weight excluding hydrogens is 420 g/mol. The van der Waals surface area contributed by atoms with E-state index in [2.05, 4.69) is 20.6 Å². The van der Waals surface area contributed by atoms with Gasteiger partial charge in [-0.25, -0.2) is 9.97 Å². The number of thiophene rings is 1. The normalized spacial score (nSPS) is 11.9. The van der Waals surface area contributed by atoms with Gasteiger partial charge in [-0.3, -0.25) is 4.79 Å². The van der Waals surface area contributed by atoms with E-state index in [0.717, 1.165) is 15.8 Å². The van der Waals surface area contributed by atoms with Gasteiger partial charge in [-0.1, -0.05) is 6.07 Å². The van der Waals surface area contributed by atoms with E-state index in [9.17, 15) is 9.90 Å². The zero-order chi connectivity index (χ0) is 22.2. The van der Waals surface area contributed by atoms with Crippen LogP contribution in [-0.2, 0) is 4.74 Å². The molecule has 1 unspecified atom stereocenters. The molecule has 0 aliphatic heterocycles. The monoisotopic (exact) mass is 446 g/mol. The Labute approximate surface area is 184 Å².